The molecule has 2 aliphatic rings. The first-order valence-corrected chi connectivity index (χ1v) is 11.1. The van der Waals surface area contributed by atoms with E-state index in [1.807, 2.05) is 41.7 Å². The summed E-state index contributed by atoms with van der Waals surface area (Å²) in [6.45, 7) is 3.86. The number of aliphatic hydroxyl groups is 1. The highest BCUT2D eigenvalue weighted by Gasteiger charge is 2.35. The fraction of sp³-hybridized carbons (Fsp3) is 0.591. The predicted molar refractivity (Wildman–Crippen MR) is 109 cm³/mol. The Morgan fingerprint density at radius 2 is 2.00 bits per heavy atom. The molecule has 1 N–H and O–H groups in total. The van der Waals surface area contributed by atoms with Crippen LogP contribution in [-0.4, -0.2) is 41.3 Å². The largest absolute Gasteiger partial charge is 0.494 e. The van der Waals surface area contributed by atoms with Crippen molar-refractivity contribution in [1.82, 2.24) is 9.88 Å². The molecule has 1 atom stereocenters. The summed E-state index contributed by atoms with van der Waals surface area (Å²) >= 11 is 1.91. The smallest absolute Gasteiger partial charge is 0.119 e. The summed E-state index contributed by atoms with van der Waals surface area (Å²) in [4.78, 5) is 8.91. The monoisotopic (exact) mass is 386 g/mol. The van der Waals surface area contributed by atoms with Crippen molar-refractivity contribution in [3.8, 4) is 5.75 Å². The summed E-state index contributed by atoms with van der Waals surface area (Å²) in [5.41, 5.74) is 1.30. The first-order chi connectivity index (χ1) is 13.3. The Kier molecular flexibility index (Phi) is 6.11. The van der Waals surface area contributed by atoms with Crippen molar-refractivity contribution < 1.29 is 9.84 Å². The van der Waals surface area contributed by atoms with E-state index in [4.69, 9.17) is 9.72 Å². The van der Waals surface area contributed by atoms with Gasteiger partial charge in [0, 0.05) is 16.8 Å². The Labute approximate surface area is 166 Å². The number of likely N-dealkylation sites (tertiary alicyclic amines) is 1. The summed E-state index contributed by atoms with van der Waals surface area (Å²) in [6.07, 6.45) is 8.07. The fourth-order valence-corrected chi connectivity index (χ4v) is 5.62. The predicted octanol–water partition coefficient (Wildman–Crippen LogP) is 4.07. The van der Waals surface area contributed by atoms with E-state index in [0.29, 0.717) is 6.61 Å². The lowest BCUT2D eigenvalue weighted by molar-refractivity contribution is 0.0128. The molecule has 1 saturated heterocycles. The first kappa shape index (κ1) is 18.9. The lowest BCUT2D eigenvalue weighted by Gasteiger charge is -2.41. The maximum atomic E-state index is 10.2. The molecule has 5 heteroatoms. The zero-order valence-corrected chi connectivity index (χ0v) is 16.8. The van der Waals surface area contributed by atoms with Crippen molar-refractivity contribution in [2.24, 2.45) is 5.41 Å². The summed E-state index contributed by atoms with van der Waals surface area (Å²) < 4.78 is 5.90. The highest BCUT2D eigenvalue weighted by molar-refractivity contribution is 7.11. The molecular formula is C22H30N2O2S. The normalized spacial score (nSPS) is 23.1. The zero-order valence-electron chi connectivity index (χ0n) is 16.0. The number of para-hydroxylation sites is 1. The number of hydrogen-bond donors (Lipinski definition) is 1. The van der Waals surface area contributed by atoms with Crippen LogP contribution in [0.25, 0.3) is 0 Å². The molecule has 0 bridgehead atoms. The topological polar surface area (TPSA) is 45.6 Å². The molecule has 0 saturated carbocycles. The number of ether oxygens (including phenoxy) is 1. The van der Waals surface area contributed by atoms with Crippen molar-refractivity contribution in [2.75, 3.05) is 26.3 Å². The Hall–Kier alpha value is -1.43. The van der Waals surface area contributed by atoms with E-state index in [9.17, 15) is 5.11 Å². The molecule has 146 valence electrons. The maximum Gasteiger partial charge on any atom is 0.119 e. The van der Waals surface area contributed by atoms with Crippen LogP contribution in [0.3, 0.4) is 0 Å². The van der Waals surface area contributed by atoms with Gasteiger partial charge in [0.15, 0.2) is 0 Å². The lowest BCUT2D eigenvalue weighted by Crippen LogP contribution is -2.45. The second-order valence-electron chi connectivity index (χ2n) is 8.07. The number of piperidine rings is 1. The summed E-state index contributed by atoms with van der Waals surface area (Å²) in [6, 6.07) is 9.96. The van der Waals surface area contributed by atoms with Crippen LogP contribution in [0.1, 0.15) is 47.7 Å². The lowest BCUT2D eigenvalue weighted by atomic mass is 9.78. The van der Waals surface area contributed by atoms with E-state index < -0.39 is 0 Å². The fourth-order valence-electron chi connectivity index (χ4n) is 4.42. The van der Waals surface area contributed by atoms with Crippen LogP contribution in [0.15, 0.2) is 30.3 Å². The van der Waals surface area contributed by atoms with Crippen molar-refractivity contribution in [1.29, 1.82) is 0 Å². The molecule has 4 rings (SSSR count). The van der Waals surface area contributed by atoms with Crippen LogP contribution < -0.4 is 4.74 Å². The minimum atomic E-state index is -0.0517. The molecule has 1 unspecified atom stereocenters. The van der Waals surface area contributed by atoms with Crippen LogP contribution in [-0.2, 0) is 19.4 Å². The van der Waals surface area contributed by atoms with Gasteiger partial charge in [-0.25, -0.2) is 4.98 Å². The Morgan fingerprint density at radius 1 is 1.15 bits per heavy atom. The molecule has 1 aliphatic carbocycles. The number of aliphatic hydroxyl groups excluding tert-OH is 1. The number of thiazole rings is 1. The quantitative estimate of drug-likeness (QED) is 0.779. The Balaban J connectivity index is 1.34. The summed E-state index contributed by atoms with van der Waals surface area (Å²) in [5, 5.41) is 11.4. The molecule has 27 heavy (non-hydrogen) atoms. The highest BCUT2D eigenvalue weighted by atomic mass is 32.1. The van der Waals surface area contributed by atoms with Gasteiger partial charge in [-0.1, -0.05) is 18.2 Å². The van der Waals surface area contributed by atoms with Gasteiger partial charge in [0.1, 0.15) is 10.8 Å². The standard InChI is InChI=1S/C22H30N2O2S/c25-17-22(12-14-26-18-7-2-1-3-8-18)11-6-13-24(16-22)15-21-23-19-9-4-5-10-20(19)27-21/h1-3,7-8,25H,4-6,9-17H2. The van der Waals surface area contributed by atoms with Gasteiger partial charge in [0.05, 0.1) is 25.5 Å². The van der Waals surface area contributed by atoms with Crippen LogP contribution in [0.2, 0.25) is 0 Å². The van der Waals surface area contributed by atoms with Gasteiger partial charge in [-0.3, -0.25) is 4.90 Å². The van der Waals surface area contributed by atoms with Crippen LogP contribution in [0.5, 0.6) is 5.75 Å². The third kappa shape index (κ3) is 4.71. The van der Waals surface area contributed by atoms with Gasteiger partial charge in [-0.2, -0.15) is 0 Å². The molecule has 2 aromatic rings. The maximum absolute atomic E-state index is 10.2. The Morgan fingerprint density at radius 3 is 2.81 bits per heavy atom. The molecule has 1 aliphatic heterocycles. The molecule has 2 heterocycles. The summed E-state index contributed by atoms with van der Waals surface area (Å²) in [7, 11) is 0. The number of nitrogens with zero attached hydrogens (tertiary/aromatic N) is 2. The van der Waals surface area contributed by atoms with Gasteiger partial charge in [-0.05, 0) is 63.6 Å². The van der Waals surface area contributed by atoms with Crippen molar-refractivity contribution in [2.45, 2.75) is 51.5 Å². The van der Waals surface area contributed by atoms with Gasteiger partial charge in [0.25, 0.3) is 0 Å². The van der Waals surface area contributed by atoms with Gasteiger partial charge in [-0.15, -0.1) is 11.3 Å². The third-order valence-electron chi connectivity index (χ3n) is 5.97. The van der Waals surface area contributed by atoms with Gasteiger partial charge >= 0.3 is 0 Å². The number of rotatable bonds is 7. The van der Waals surface area contributed by atoms with E-state index in [1.165, 1.54) is 34.8 Å². The zero-order chi connectivity index (χ0) is 18.5. The van der Waals surface area contributed by atoms with Crippen molar-refractivity contribution in [3.63, 3.8) is 0 Å². The van der Waals surface area contributed by atoms with Crippen molar-refractivity contribution in [3.05, 3.63) is 45.9 Å². The van der Waals surface area contributed by atoms with Gasteiger partial charge < -0.3 is 9.84 Å². The highest BCUT2D eigenvalue weighted by Crippen LogP contribution is 2.35. The minimum absolute atomic E-state index is 0.0517. The average Bonchev–Trinajstić information content (AvgIpc) is 3.11. The molecular weight excluding hydrogens is 356 g/mol. The van der Waals surface area contributed by atoms with Crippen LogP contribution in [0, 0.1) is 5.41 Å². The second-order valence-corrected chi connectivity index (χ2v) is 9.24. The SMILES string of the molecule is OCC1(CCOc2ccccc2)CCCN(Cc2nc3c(s2)CCCC3)C1. The molecule has 1 aromatic carbocycles. The molecule has 1 aromatic heterocycles. The molecule has 4 nitrogen and oxygen atoms in total. The number of hydrogen-bond acceptors (Lipinski definition) is 5. The number of aromatic nitrogens is 1. The molecule has 0 amide bonds. The van der Waals surface area contributed by atoms with E-state index in [2.05, 4.69) is 4.90 Å². The summed E-state index contributed by atoms with van der Waals surface area (Å²) in [5.74, 6) is 0.909. The van der Waals surface area contributed by atoms with Crippen LogP contribution >= 0.6 is 11.3 Å². The minimum Gasteiger partial charge on any atom is -0.494 e. The Bertz CT molecular complexity index is 710. The van der Waals surface area contributed by atoms with E-state index in [1.54, 1.807) is 0 Å². The molecule has 0 radical (unpaired) electrons. The van der Waals surface area contributed by atoms with Crippen molar-refractivity contribution >= 4 is 11.3 Å². The average molecular weight is 387 g/mol. The number of benzene rings is 1. The van der Waals surface area contributed by atoms with Gasteiger partial charge in [0.2, 0.25) is 0 Å². The molecule has 0 spiro atoms. The van der Waals surface area contributed by atoms with E-state index in [0.717, 1.165) is 51.1 Å². The number of aryl methyl sites for hydroxylation is 2. The first-order valence-electron chi connectivity index (χ1n) is 10.2. The molecule has 1 fully saturated rings. The number of fused-ring (bicyclic) bond motifs is 1. The second kappa shape index (κ2) is 8.72. The van der Waals surface area contributed by atoms with E-state index >= 15 is 0 Å². The third-order valence-corrected chi connectivity index (χ3v) is 7.11. The van der Waals surface area contributed by atoms with E-state index in [-0.39, 0.29) is 12.0 Å². The van der Waals surface area contributed by atoms with Crippen LogP contribution in [0.4, 0.5) is 0 Å².